The van der Waals surface area contributed by atoms with Crippen LogP contribution in [-0.2, 0) is 4.79 Å². The third-order valence-corrected chi connectivity index (χ3v) is 5.38. The molecule has 0 spiro atoms. The molecule has 0 fully saturated rings. The number of esters is 1. The molecular weight excluding hydrogens is 463 g/mol. The van der Waals surface area contributed by atoms with Crippen LogP contribution in [-0.4, -0.2) is 31.3 Å². The van der Waals surface area contributed by atoms with Gasteiger partial charge in [-0.05, 0) is 85.0 Å². The Kier molecular flexibility index (Phi) is 9.56. The van der Waals surface area contributed by atoms with Crippen LogP contribution in [0.5, 0.6) is 17.2 Å². The van der Waals surface area contributed by atoms with Crippen molar-refractivity contribution in [2.45, 2.75) is 33.1 Å². The number of hydrazone groups is 1. The Labute approximate surface area is 209 Å². The zero-order chi connectivity index (χ0) is 25.9. The number of halogens is 1. The highest BCUT2D eigenvalue weighted by molar-refractivity contribution is 5.91. The normalized spacial score (nSPS) is 11.7. The maximum absolute atomic E-state index is 13.1. The molecule has 1 N–H and O–H groups in total. The molecule has 0 saturated carbocycles. The molecule has 8 heteroatoms. The monoisotopic (exact) mass is 492 g/mol. The highest BCUT2D eigenvalue weighted by Crippen LogP contribution is 2.29. The number of carbonyl (C=O) groups is 2. The van der Waals surface area contributed by atoms with Gasteiger partial charge >= 0.3 is 5.97 Å². The standard InChI is InChI=1S/C28H29FN2O5/c1-4-19(3)21-9-13-24(14-10-21)35-18-27(32)31-30-17-20-6-15-25(26(16-20)34-5-2)36-28(33)22-7-11-23(29)12-8-22/h6-17,19H,4-5,18H2,1-3H3,(H,31,32)/b30-17-/t19-/m1/s1. The van der Waals surface area contributed by atoms with E-state index in [0.717, 1.165) is 6.42 Å². The summed E-state index contributed by atoms with van der Waals surface area (Å²) in [5.74, 6) is 0.113. The lowest BCUT2D eigenvalue weighted by atomic mass is 9.99. The number of benzene rings is 3. The van der Waals surface area contributed by atoms with Crippen molar-refractivity contribution in [1.82, 2.24) is 5.43 Å². The van der Waals surface area contributed by atoms with Crippen molar-refractivity contribution in [2.75, 3.05) is 13.2 Å². The maximum atomic E-state index is 13.1. The van der Waals surface area contributed by atoms with E-state index in [-0.39, 0.29) is 17.9 Å². The second kappa shape index (κ2) is 13.0. The summed E-state index contributed by atoms with van der Waals surface area (Å²) >= 11 is 0. The molecule has 3 aromatic rings. The molecule has 0 aliphatic carbocycles. The number of hydrogen-bond acceptors (Lipinski definition) is 6. The van der Waals surface area contributed by atoms with E-state index in [1.54, 1.807) is 25.1 Å². The molecule has 0 aromatic heterocycles. The van der Waals surface area contributed by atoms with Crippen molar-refractivity contribution >= 4 is 18.1 Å². The van der Waals surface area contributed by atoms with E-state index in [1.807, 2.05) is 24.3 Å². The third kappa shape index (κ3) is 7.66. The zero-order valence-corrected chi connectivity index (χ0v) is 20.5. The van der Waals surface area contributed by atoms with Crippen LogP contribution >= 0.6 is 0 Å². The highest BCUT2D eigenvalue weighted by Gasteiger charge is 2.13. The molecule has 0 aliphatic rings. The number of rotatable bonds is 11. The third-order valence-electron chi connectivity index (χ3n) is 5.38. The smallest absolute Gasteiger partial charge is 0.343 e. The van der Waals surface area contributed by atoms with Gasteiger partial charge in [-0.3, -0.25) is 4.79 Å². The minimum atomic E-state index is -0.640. The van der Waals surface area contributed by atoms with Crippen molar-refractivity contribution in [1.29, 1.82) is 0 Å². The van der Waals surface area contributed by atoms with E-state index in [4.69, 9.17) is 14.2 Å². The summed E-state index contributed by atoms with van der Waals surface area (Å²) in [6, 6.07) is 17.6. The van der Waals surface area contributed by atoms with Gasteiger partial charge in [0.25, 0.3) is 5.91 Å². The average Bonchev–Trinajstić information content (AvgIpc) is 2.89. The molecule has 188 valence electrons. The Morgan fingerprint density at radius 3 is 2.36 bits per heavy atom. The molecule has 7 nitrogen and oxygen atoms in total. The van der Waals surface area contributed by atoms with Crippen LogP contribution in [0.3, 0.4) is 0 Å². The van der Waals surface area contributed by atoms with Gasteiger partial charge in [-0.1, -0.05) is 26.0 Å². The van der Waals surface area contributed by atoms with Crippen molar-refractivity contribution in [2.24, 2.45) is 5.10 Å². The SMILES string of the molecule is CCOc1cc(/C=N\NC(=O)COc2ccc([C@H](C)CC)cc2)ccc1OC(=O)c1ccc(F)cc1. The fourth-order valence-corrected chi connectivity index (χ4v) is 3.19. The molecule has 0 bridgehead atoms. The van der Waals surface area contributed by atoms with Gasteiger partial charge in [0.05, 0.1) is 18.4 Å². The minimum Gasteiger partial charge on any atom is -0.490 e. The van der Waals surface area contributed by atoms with E-state index in [2.05, 4.69) is 24.4 Å². The van der Waals surface area contributed by atoms with Crippen LogP contribution in [0.25, 0.3) is 0 Å². The van der Waals surface area contributed by atoms with Gasteiger partial charge in [0.1, 0.15) is 11.6 Å². The molecule has 3 rings (SSSR count). The quantitative estimate of drug-likeness (QED) is 0.166. The van der Waals surface area contributed by atoms with E-state index >= 15 is 0 Å². The number of nitrogens with one attached hydrogen (secondary N) is 1. The van der Waals surface area contributed by atoms with Gasteiger partial charge in [0.15, 0.2) is 18.1 Å². The maximum Gasteiger partial charge on any atom is 0.343 e. The van der Waals surface area contributed by atoms with Crippen molar-refractivity contribution in [3.05, 3.63) is 89.2 Å². The summed E-state index contributed by atoms with van der Waals surface area (Å²) in [5, 5.41) is 3.95. The predicted octanol–water partition coefficient (Wildman–Crippen LogP) is 5.49. The lowest BCUT2D eigenvalue weighted by molar-refractivity contribution is -0.123. The molecule has 1 atom stereocenters. The van der Waals surface area contributed by atoms with Gasteiger partial charge in [-0.25, -0.2) is 14.6 Å². The summed E-state index contributed by atoms with van der Waals surface area (Å²) in [6.45, 7) is 6.25. The summed E-state index contributed by atoms with van der Waals surface area (Å²) in [5.41, 5.74) is 4.46. The Hall–Kier alpha value is -4.20. The van der Waals surface area contributed by atoms with E-state index in [9.17, 15) is 14.0 Å². The summed E-state index contributed by atoms with van der Waals surface area (Å²) in [7, 11) is 0. The Morgan fingerprint density at radius 2 is 1.69 bits per heavy atom. The van der Waals surface area contributed by atoms with E-state index in [1.165, 1.54) is 36.0 Å². The Bertz CT molecular complexity index is 1190. The molecule has 0 unspecified atom stereocenters. The molecule has 0 saturated heterocycles. The predicted molar refractivity (Wildman–Crippen MR) is 135 cm³/mol. The second-order valence-corrected chi connectivity index (χ2v) is 8.00. The summed E-state index contributed by atoms with van der Waals surface area (Å²) < 4.78 is 29.6. The van der Waals surface area contributed by atoms with Crippen LogP contribution in [0.1, 0.15) is 54.6 Å². The van der Waals surface area contributed by atoms with Gasteiger partial charge in [-0.15, -0.1) is 0 Å². The first-order valence-electron chi connectivity index (χ1n) is 11.7. The number of hydrogen-bond donors (Lipinski definition) is 1. The highest BCUT2D eigenvalue weighted by atomic mass is 19.1. The first-order chi connectivity index (χ1) is 17.4. The van der Waals surface area contributed by atoms with Crippen LogP contribution in [0.15, 0.2) is 71.8 Å². The van der Waals surface area contributed by atoms with Crippen LogP contribution in [0, 0.1) is 5.82 Å². The van der Waals surface area contributed by atoms with Crippen LogP contribution in [0.4, 0.5) is 4.39 Å². The van der Waals surface area contributed by atoms with Gasteiger partial charge in [0.2, 0.25) is 0 Å². The van der Waals surface area contributed by atoms with Crippen LogP contribution in [0.2, 0.25) is 0 Å². The molecule has 0 aliphatic heterocycles. The lowest BCUT2D eigenvalue weighted by Crippen LogP contribution is -2.24. The van der Waals surface area contributed by atoms with Crippen molar-refractivity contribution < 1.29 is 28.2 Å². The fraction of sp³-hybridized carbons (Fsp3) is 0.250. The van der Waals surface area contributed by atoms with Crippen LogP contribution < -0.4 is 19.6 Å². The summed E-state index contributed by atoms with van der Waals surface area (Å²) in [4.78, 5) is 24.4. The van der Waals surface area contributed by atoms with E-state index in [0.29, 0.717) is 29.6 Å². The first-order valence-corrected chi connectivity index (χ1v) is 11.7. The lowest BCUT2D eigenvalue weighted by Gasteiger charge is -2.11. The summed E-state index contributed by atoms with van der Waals surface area (Å²) in [6.07, 6.45) is 2.49. The average molecular weight is 493 g/mol. The minimum absolute atomic E-state index is 0.178. The number of nitrogens with zero attached hydrogens (tertiary/aromatic N) is 1. The largest absolute Gasteiger partial charge is 0.490 e. The van der Waals surface area contributed by atoms with Crippen molar-refractivity contribution in [3.8, 4) is 17.2 Å². The molecule has 0 radical (unpaired) electrons. The van der Waals surface area contributed by atoms with Crippen molar-refractivity contribution in [3.63, 3.8) is 0 Å². The Balaban J connectivity index is 1.55. The molecule has 3 aromatic carbocycles. The van der Waals surface area contributed by atoms with E-state index < -0.39 is 17.7 Å². The van der Waals surface area contributed by atoms with Gasteiger partial charge in [-0.2, -0.15) is 5.10 Å². The topological polar surface area (TPSA) is 86.2 Å². The zero-order valence-electron chi connectivity index (χ0n) is 20.5. The molecular formula is C28H29FN2O5. The molecule has 1 amide bonds. The Morgan fingerprint density at radius 1 is 0.972 bits per heavy atom. The van der Waals surface area contributed by atoms with Gasteiger partial charge in [0, 0.05) is 0 Å². The number of ether oxygens (including phenoxy) is 3. The number of amides is 1. The van der Waals surface area contributed by atoms with Gasteiger partial charge < -0.3 is 14.2 Å². The molecule has 36 heavy (non-hydrogen) atoms. The number of carbonyl (C=O) groups excluding carboxylic acids is 2. The fourth-order valence-electron chi connectivity index (χ4n) is 3.19. The second-order valence-electron chi connectivity index (χ2n) is 8.00. The first kappa shape index (κ1) is 26.4. The molecule has 0 heterocycles.